The lowest BCUT2D eigenvalue weighted by atomic mass is 10.3. The maximum Gasteiger partial charge on any atom is 0.325 e. The van der Waals surface area contributed by atoms with Gasteiger partial charge in [-0.15, -0.1) is 0 Å². The summed E-state index contributed by atoms with van der Waals surface area (Å²) in [6.07, 6.45) is -0.281. The molecule has 1 atom stereocenters. The normalized spacial score (nSPS) is 13.6. The molecule has 0 aliphatic heterocycles. The molecule has 21 heavy (non-hydrogen) atoms. The molecule has 0 fully saturated rings. The van der Waals surface area contributed by atoms with Crippen molar-refractivity contribution in [2.24, 2.45) is 0 Å². The van der Waals surface area contributed by atoms with E-state index in [1.807, 2.05) is 0 Å². The molecule has 1 unspecified atom stereocenters. The second-order valence-electron chi connectivity index (χ2n) is 5.02. The van der Waals surface area contributed by atoms with Crippen LogP contribution in [0, 0.1) is 13.8 Å². The molecular formula is C12H21N3O5S. The Balaban J connectivity index is 3.14. The third-order valence-corrected chi connectivity index (χ3v) is 5.24. The summed E-state index contributed by atoms with van der Waals surface area (Å²) in [6.45, 7) is 4.42. The summed E-state index contributed by atoms with van der Waals surface area (Å²) >= 11 is 0. The smallest absolute Gasteiger partial charge is 0.325 e. The number of aliphatic hydroxyl groups is 1. The minimum atomic E-state index is -3.76. The van der Waals surface area contributed by atoms with Crippen molar-refractivity contribution in [3.05, 3.63) is 11.4 Å². The van der Waals surface area contributed by atoms with Gasteiger partial charge >= 0.3 is 5.97 Å². The molecule has 9 heteroatoms. The van der Waals surface area contributed by atoms with Crippen LogP contribution in [0.25, 0.3) is 0 Å². The number of aliphatic hydroxyl groups excluding tert-OH is 1. The van der Waals surface area contributed by atoms with Gasteiger partial charge in [-0.2, -0.15) is 5.10 Å². The van der Waals surface area contributed by atoms with Crippen LogP contribution in [-0.2, 0) is 21.4 Å². The average molecular weight is 319 g/mol. The van der Waals surface area contributed by atoms with Crippen LogP contribution < -0.4 is 0 Å². The van der Waals surface area contributed by atoms with Crippen molar-refractivity contribution >= 4 is 16.0 Å². The lowest BCUT2D eigenvalue weighted by molar-refractivity contribution is -0.137. The number of hydrogen-bond acceptors (Lipinski definition) is 5. The Morgan fingerprint density at radius 1 is 1.43 bits per heavy atom. The van der Waals surface area contributed by atoms with Crippen LogP contribution in [0.3, 0.4) is 0 Å². The molecular weight excluding hydrogens is 298 g/mol. The van der Waals surface area contributed by atoms with Gasteiger partial charge in [0.25, 0.3) is 0 Å². The fourth-order valence-corrected chi connectivity index (χ4v) is 3.53. The molecule has 2 N–H and O–H groups in total. The van der Waals surface area contributed by atoms with E-state index in [0.717, 1.165) is 8.99 Å². The molecule has 0 spiro atoms. The zero-order chi connectivity index (χ0) is 16.4. The Labute approximate surface area is 124 Å². The van der Waals surface area contributed by atoms with Crippen molar-refractivity contribution in [2.75, 3.05) is 13.6 Å². The lowest BCUT2D eigenvalue weighted by Gasteiger charge is -2.18. The summed E-state index contributed by atoms with van der Waals surface area (Å²) in [6, 6.07) is 0. The van der Waals surface area contributed by atoms with Gasteiger partial charge in [0.15, 0.2) is 0 Å². The maximum absolute atomic E-state index is 12.5. The zero-order valence-corrected chi connectivity index (χ0v) is 13.4. The van der Waals surface area contributed by atoms with Crippen molar-refractivity contribution in [1.29, 1.82) is 0 Å². The average Bonchev–Trinajstić information content (AvgIpc) is 2.60. The number of hydrogen-bond donors (Lipinski definition) is 2. The second kappa shape index (κ2) is 6.54. The monoisotopic (exact) mass is 319 g/mol. The molecule has 8 nitrogen and oxygen atoms in total. The first-order valence-corrected chi connectivity index (χ1v) is 7.91. The van der Waals surface area contributed by atoms with Gasteiger partial charge in [-0.05, 0) is 27.2 Å². The van der Waals surface area contributed by atoms with Gasteiger partial charge < -0.3 is 10.2 Å². The van der Waals surface area contributed by atoms with Crippen molar-refractivity contribution in [2.45, 2.75) is 44.7 Å². The number of carboxylic acids is 1. The number of sulfonamides is 1. The fraction of sp³-hybridized carbons (Fsp3) is 0.667. The molecule has 1 aromatic rings. The number of aromatic nitrogens is 2. The largest absolute Gasteiger partial charge is 0.480 e. The molecule has 1 rings (SSSR count). The Bertz CT molecular complexity index is 621. The molecule has 0 radical (unpaired) electrons. The van der Waals surface area contributed by atoms with E-state index >= 15 is 0 Å². The van der Waals surface area contributed by atoms with Gasteiger partial charge in [-0.1, -0.05) is 0 Å². The Kier molecular flexibility index (Phi) is 5.48. The molecule has 0 aromatic carbocycles. The maximum atomic E-state index is 12.5. The summed E-state index contributed by atoms with van der Waals surface area (Å²) < 4.78 is 27.4. The standard InChI is InChI=1S/C12H21N3O5S/c1-8(16)5-6-14(4)21(19,20)12-9(2)13-15(10(12)3)7-11(17)18/h8,16H,5-7H2,1-4H3,(H,17,18). The van der Waals surface area contributed by atoms with Gasteiger partial charge in [-0.3, -0.25) is 9.48 Å². The van der Waals surface area contributed by atoms with Crippen LogP contribution in [0.5, 0.6) is 0 Å². The van der Waals surface area contributed by atoms with E-state index in [4.69, 9.17) is 5.11 Å². The molecule has 120 valence electrons. The number of aliphatic carboxylic acids is 1. The molecule has 0 saturated heterocycles. The van der Waals surface area contributed by atoms with Crippen molar-refractivity contribution in [3.8, 4) is 0 Å². The molecule has 0 aliphatic rings. The van der Waals surface area contributed by atoms with Gasteiger partial charge in [0.05, 0.1) is 17.5 Å². The van der Waals surface area contributed by atoms with Gasteiger partial charge in [0.1, 0.15) is 11.4 Å². The molecule has 0 saturated carbocycles. The summed E-state index contributed by atoms with van der Waals surface area (Å²) in [5, 5.41) is 22.0. The van der Waals surface area contributed by atoms with Crippen LogP contribution in [-0.4, -0.2) is 58.4 Å². The third-order valence-electron chi connectivity index (χ3n) is 3.13. The van der Waals surface area contributed by atoms with E-state index in [1.165, 1.54) is 20.9 Å². The number of rotatable bonds is 7. The van der Waals surface area contributed by atoms with Gasteiger partial charge in [-0.25, -0.2) is 12.7 Å². The Morgan fingerprint density at radius 2 is 2.00 bits per heavy atom. The van der Waals surface area contributed by atoms with Crippen LogP contribution in [0.15, 0.2) is 4.90 Å². The quantitative estimate of drug-likeness (QED) is 0.730. The summed E-state index contributed by atoms with van der Waals surface area (Å²) in [7, 11) is -2.34. The first-order chi connectivity index (χ1) is 9.57. The molecule has 0 bridgehead atoms. The van der Waals surface area contributed by atoms with E-state index in [-0.39, 0.29) is 23.7 Å². The van der Waals surface area contributed by atoms with Crippen molar-refractivity contribution < 1.29 is 23.4 Å². The fourth-order valence-electron chi connectivity index (χ4n) is 1.98. The summed E-state index contributed by atoms with van der Waals surface area (Å²) in [4.78, 5) is 10.8. The number of carboxylic acid groups (broad SMARTS) is 1. The molecule has 1 aromatic heterocycles. The predicted molar refractivity (Wildman–Crippen MR) is 75.5 cm³/mol. The van der Waals surface area contributed by atoms with Crippen LogP contribution in [0.2, 0.25) is 0 Å². The topological polar surface area (TPSA) is 113 Å². The second-order valence-corrected chi connectivity index (χ2v) is 7.00. The van der Waals surface area contributed by atoms with Crippen molar-refractivity contribution in [3.63, 3.8) is 0 Å². The lowest BCUT2D eigenvalue weighted by Crippen LogP contribution is -2.30. The third kappa shape index (κ3) is 4.02. The van der Waals surface area contributed by atoms with E-state index in [0.29, 0.717) is 12.1 Å². The SMILES string of the molecule is Cc1nn(CC(=O)O)c(C)c1S(=O)(=O)N(C)CCC(C)O. The van der Waals surface area contributed by atoms with E-state index < -0.39 is 22.1 Å². The molecule has 0 amide bonds. The Morgan fingerprint density at radius 3 is 2.48 bits per heavy atom. The highest BCUT2D eigenvalue weighted by molar-refractivity contribution is 7.89. The Hall–Kier alpha value is -1.45. The molecule has 1 heterocycles. The zero-order valence-electron chi connectivity index (χ0n) is 12.6. The van der Waals surface area contributed by atoms with Crippen LogP contribution in [0.4, 0.5) is 0 Å². The predicted octanol–water partition coefficient (Wildman–Crippen LogP) is -0.0241. The van der Waals surface area contributed by atoms with Crippen LogP contribution in [0.1, 0.15) is 24.7 Å². The minimum absolute atomic E-state index is 0.0249. The van der Waals surface area contributed by atoms with Gasteiger partial charge in [0.2, 0.25) is 10.0 Å². The summed E-state index contributed by atoms with van der Waals surface area (Å²) in [5.74, 6) is -1.09. The summed E-state index contributed by atoms with van der Waals surface area (Å²) in [5.41, 5.74) is 0.552. The molecule has 0 aliphatic carbocycles. The number of aryl methyl sites for hydroxylation is 1. The highest BCUT2D eigenvalue weighted by Gasteiger charge is 2.29. The highest BCUT2D eigenvalue weighted by Crippen LogP contribution is 2.23. The first kappa shape index (κ1) is 17.6. The van der Waals surface area contributed by atoms with E-state index in [2.05, 4.69) is 5.10 Å². The van der Waals surface area contributed by atoms with E-state index in [9.17, 15) is 18.3 Å². The van der Waals surface area contributed by atoms with Crippen LogP contribution >= 0.6 is 0 Å². The number of nitrogens with zero attached hydrogens (tertiary/aromatic N) is 3. The van der Waals surface area contributed by atoms with Gasteiger partial charge in [0, 0.05) is 13.6 Å². The van der Waals surface area contributed by atoms with E-state index in [1.54, 1.807) is 6.92 Å². The highest BCUT2D eigenvalue weighted by atomic mass is 32.2. The minimum Gasteiger partial charge on any atom is -0.480 e. The van der Waals surface area contributed by atoms with Crippen molar-refractivity contribution in [1.82, 2.24) is 14.1 Å². The number of carbonyl (C=O) groups is 1. The first-order valence-electron chi connectivity index (χ1n) is 6.47.